The normalized spacial score (nSPS) is 10.7. The third-order valence-corrected chi connectivity index (χ3v) is 0.555. The van der Waals surface area contributed by atoms with Crippen LogP contribution in [0.2, 0.25) is 0 Å². The molecule has 0 amide bonds. The van der Waals surface area contributed by atoms with Crippen LogP contribution in [-0.2, 0) is 9.59 Å². The van der Waals surface area contributed by atoms with Crippen LogP contribution >= 0.6 is 11.6 Å². The summed E-state index contributed by atoms with van der Waals surface area (Å²) in [7, 11) is 0. The van der Waals surface area contributed by atoms with Crippen molar-refractivity contribution in [1.82, 2.24) is 0 Å². The maximum atomic E-state index is 9.54. The molecule has 0 spiro atoms. The lowest BCUT2D eigenvalue weighted by Crippen LogP contribution is -1.70. The Balaban J connectivity index is 3.72. The Bertz CT molecular complexity index is 106. The lowest BCUT2D eigenvalue weighted by molar-refractivity contribution is -0.106. The molecule has 0 aliphatic heterocycles. The Morgan fingerprint density at radius 3 is 2.14 bits per heavy atom. The van der Waals surface area contributed by atoms with E-state index >= 15 is 0 Å². The monoisotopic (exact) mass is 118 g/mol. The van der Waals surface area contributed by atoms with E-state index in [9.17, 15) is 9.59 Å². The van der Waals surface area contributed by atoms with Crippen LogP contribution < -0.4 is 0 Å². The molecule has 2 nitrogen and oxygen atoms in total. The van der Waals surface area contributed by atoms with Crippen molar-refractivity contribution >= 4 is 24.2 Å². The quantitative estimate of drug-likeness (QED) is 0.391. The first-order chi connectivity index (χ1) is 3.31. The van der Waals surface area contributed by atoms with Crippen LogP contribution in [0.4, 0.5) is 0 Å². The van der Waals surface area contributed by atoms with Crippen molar-refractivity contribution in [2.75, 3.05) is 0 Å². The maximum Gasteiger partial charge on any atom is 0.161 e. The van der Waals surface area contributed by atoms with Gasteiger partial charge < -0.3 is 0 Å². The number of halogens is 1. The molecule has 0 fully saturated rings. The smallest absolute Gasteiger partial charge is 0.161 e. The molecular weight excluding hydrogens is 115 g/mol. The van der Waals surface area contributed by atoms with Gasteiger partial charge in [0.05, 0.1) is 5.03 Å². The molecule has 0 saturated heterocycles. The largest absolute Gasteiger partial charge is 0.299 e. The summed E-state index contributed by atoms with van der Waals surface area (Å²) in [4.78, 5) is 19.0. The van der Waals surface area contributed by atoms with E-state index in [0.29, 0.717) is 12.6 Å². The third-order valence-electron chi connectivity index (χ3n) is 0.340. The van der Waals surface area contributed by atoms with Gasteiger partial charge in [0.25, 0.3) is 0 Å². The lowest BCUT2D eigenvalue weighted by Gasteiger charge is -1.69. The number of allylic oxidation sites excluding steroid dienone is 2. The molecule has 0 N–H and O–H groups in total. The molecule has 0 rings (SSSR count). The van der Waals surface area contributed by atoms with Gasteiger partial charge >= 0.3 is 0 Å². The van der Waals surface area contributed by atoms with E-state index in [0.717, 1.165) is 6.08 Å². The Morgan fingerprint density at radius 1 is 1.43 bits per heavy atom. The summed E-state index contributed by atoms with van der Waals surface area (Å²) in [5.74, 6) is 0. The van der Waals surface area contributed by atoms with Crippen molar-refractivity contribution in [1.29, 1.82) is 0 Å². The predicted octanol–water partition coefficient (Wildman–Crippen LogP) is 0.507. The minimum atomic E-state index is -0.0741. The van der Waals surface area contributed by atoms with Crippen molar-refractivity contribution in [2.45, 2.75) is 0 Å². The van der Waals surface area contributed by atoms with Gasteiger partial charge in [0, 0.05) is 0 Å². The second-order valence-corrected chi connectivity index (χ2v) is 1.24. The SMILES string of the molecule is O=C/C=C(\Cl)C=O. The van der Waals surface area contributed by atoms with Crippen molar-refractivity contribution in [3.8, 4) is 0 Å². The summed E-state index contributed by atoms with van der Waals surface area (Å²) in [5, 5.41) is -0.0741. The van der Waals surface area contributed by atoms with Crippen molar-refractivity contribution in [3.05, 3.63) is 11.1 Å². The molecule has 3 heteroatoms. The van der Waals surface area contributed by atoms with Gasteiger partial charge in [0.15, 0.2) is 6.29 Å². The Morgan fingerprint density at radius 2 is 2.00 bits per heavy atom. The number of hydrogen-bond acceptors (Lipinski definition) is 2. The van der Waals surface area contributed by atoms with Crippen LogP contribution in [0.25, 0.3) is 0 Å². The molecule has 0 atom stereocenters. The maximum absolute atomic E-state index is 9.54. The molecule has 0 aromatic carbocycles. The van der Waals surface area contributed by atoms with Gasteiger partial charge in [-0.25, -0.2) is 0 Å². The average Bonchev–Trinajstić information content (AvgIpc) is 1.68. The number of carbonyl (C=O) groups is 2. The average molecular weight is 119 g/mol. The van der Waals surface area contributed by atoms with Gasteiger partial charge in [-0.05, 0) is 6.08 Å². The summed E-state index contributed by atoms with van der Waals surface area (Å²) in [6.45, 7) is 0. The van der Waals surface area contributed by atoms with Gasteiger partial charge in [-0.2, -0.15) is 0 Å². The highest BCUT2D eigenvalue weighted by molar-refractivity contribution is 6.39. The highest BCUT2D eigenvalue weighted by Crippen LogP contribution is 1.90. The predicted molar refractivity (Wildman–Crippen MR) is 26.1 cm³/mol. The van der Waals surface area contributed by atoms with Crippen molar-refractivity contribution < 1.29 is 9.59 Å². The summed E-state index contributed by atoms with van der Waals surface area (Å²) in [5.41, 5.74) is 0. The summed E-state index contributed by atoms with van der Waals surface area (Å²) < 4.78 is 0. The van der Waals surface area contributed by atoms with Crippen molar-refractivity contribution in [2.24, 2.45) is 0 Å². The highest BCUT2D eigenvalue weighted by Gasteiger charge is 1.80. The summed E-state index contributed by atoms with van der Waals surface area (Å²) >= 11 is 5.03. The Hall–Kier alpha value is -0.630. The first-order valence-corrected chi connectivity index (χ1v) is 1.95. The van der Waals surface area contributed by atoms with Crippen LogP contribution in [0.1, 0.15) is 0 Å². The first kappa shape index (κ1) is 6.37. The summed E-state index contributed by atoms with van der Waals surface area (Å²) in [6, 6.07) is 0. The van der Waals surface area contributed by atoms with Gasteiger partial charge in [0.1, 0.15) is 6.29 Å². The zero-order valence-corrected chi connectivity index (χ0v) is 4.18. The third kappa shape index (κ3) is 3.19. The zero-order chi connectivity index (χ0) is 5.70. The fourth-order valence-corrected chi connectivity index (χ4v) is 0.156. The van der Waals surface area contributed by atoms with Gasteiger partial charge in [-0.15, -0.1) is 0 Å². The van der Waals surface area contributed by atoms with E-state index in [1.165, 1.54) is 0 Å². The minimum Gasteiger partial charge on any atom is -0.299 e. The molecule has 0 aromatic heterocycles. The molecule has 38 valence electrons. The molecule has 0 aliphatic rings. The van der Waals surface area contributed by atoms with E-state index in [1.807, 2.05) is 0 Å². The molecule has 7 heavy (non-hydrogen) atoms. The topological polar surface area (TPSA) is 34.1 Å². The van der Waals surface area contributed by atoms with E-state index in [1.54, 1.807) is 0 Å². The van der Waals surface area contributed by atoms with E-state index in [-0.39, 0.29) is 5.03 Å². The molecule has 0 saturated carbocycles. The number of aldehydes is 2. The van der Waals surface area contributed by atoms with E-state index < -0.39 is 0 Å². The highest BCUT2D eigenvalue weighted by atomic mass is 35.5. The molecule has 0 aliphatic carbocycles. The second-order valence-electron chi connectivity index (χ2n) is 0.805. The molecule has 0 bridgehead atoms. The van der Waals surface area contributed by atoms with E-state index in [4.69, 9.17) is 11.6 Å². The number of hydrogen-bond donors (Lipinski definition) is 0. The number of rotatable bonds is 2. The van der Waals surface area contributed by atoms with Crippen LogP contribution in [0.5, 0.6) is 0 Å². The van der Waals surface area contributed by atoms with Crippen LogP contribution in [0.3, 0.4) is 0 Å². The van der Waals surface area contributed by atoms with Crippen LogP contribution in [0.15, 0.2) is 11.1 Å². The fourth-order valence-electron chi connectivity index (χ4n) is 0.104. The van der Waals surface area contributed by atoms with Gasteiger partial charge in [-0.3, -0.25) is 9.59 Å². The Kier molecular flexibility index (Phi) is 3.24. The van der Waals surface area contributed by atoms with E-state index in [2.05, 4.69) is 0 Å². The fraction of sp³-hybridized carbons (Fsp3) is 0. The minimum absolute atomic E-state index is 0.0741. The van der Waals surface area contributed by atoms with Crippen LogP contribution in [0, 0.1) is 0 Å². The van der Waals surface area contributed by atoms with Crippen molar-refractivity contribution in [3.63, 3.8) is 0 Å². The number of carbonyl (C=O) groups excluding carboxylic acids is 2. The molecule has 0 heterocycles. The lowest BCUT2D eigenvalue weighted by atomic mass is 10.6. The van der Waals surface area contributed by atoms with Gasteiger partial charge in [0.2, 0.25) is 0 Å². The standard InChI is InChI=1S/C4H3ClO2/c5-4(3-7)1-2-6/h1-3H/b4-1-. The first-order valence-electron chi connectivity index (χ1n) is 1.57. The molecule has 0 unspecified atom stereocenters. The zero-order valence-electron chi connectivity index (χ0n) is 3.43. The van der Waals surface area contributed by atoms with Crippen LogP contribution in [-0.4, -0.2) is 12.6 Å². The second kappa shape index (κ2) is 3.56. The molecular formula is C4H3ClO2. The molecule has 0 radical (unpaired) electrons. The summed E-state index contributed by atoms with van der Waals surface area (Å²) in [6.07, 6.45) is 1.83. The molecule has 0 aromatic rings. The van der Waals surface area contributed by atoms with Gasteiger partial charge in [-0.1, -0.05) is 11.6 Å². The Labute approximate surface area is 45.8 Å².